The smallest absolute Gasteiger partial charge is 0.383 e. The van der Waals surface area contributed by atoms with Crippen molar-refractivity contribution in [3.05, 3.63) is 58.3 Å². The summed E-state index contributed by atoms with van der Waals surface area (Å²) in [4.78, 5) is 27.6. The van der Waals surface area contributed by atoms with Crippen molar-refractivity contribution >= 4 is 23.2 Å². The molecule has 9 heteroatoms. The van der Waals surface area contributed by atoms with Crippen LogP contribution in [0.25, 0.3) is 0 Å². The van der Waals surface area contributed by atoms with Crippen LogP contribution in [0.1, 0.15) is 28.1 Å². The number of thiophene rings is 1. The molecular formula is C21H23F3N2O3S. The van der Waals surface area contributed by atoms with Gasteiger partial charge in [-0.3, -0.25) is 9.59 Å². The summed E-state index contributed by atoms with van der Waals surface area (Å²) in [5.74, 6) is -1.62. The van der Waals surface area contributed by atoms with Gasteiger partial charge in [-0.1, -0.05) is 36.4 Å². The van der Waals surface area contributed by atoms with Gasteiger partial charge in [0, 0.05) is 19.5 Å². The molecule has 162 valence electrons. The number of nitrogens with zero attached hydrogens (tertiary/aromatic N) is 1. The minimum Gasteiger partial charge on any atom is -0.383 e. The quantitative estimate of drug-likeness (QED) is 0.725. The van der Waals surface area contributed by atoms with Crippen molar-refractivity contribution in [3.63, 3.8) is 0 Å². The second kappa shape index (κ2) is 9.61. The van der Waals surface area contributed by atoms with E-state index in [-0.39, 0.29) is 44.2 Å². The maximum absolute atomic E-state index is 13.1. The van der Waals surface area contributed by atoms with Crippen LogP contribution in [0.3, 0.4) is 0 Å². The minimum atomic E-state index is -4.67. The highest BCUT2D eigenvalue weighted by Crippen LogP contribution is 2.31. The lowest BCUT2D eigenvalue weighted by Crippen LogP contribution is -2.53. The fourth-order valence-corrected chi connectivity index (χ4v) is 4.24. The molecule has 30 heavy (non-hydrogen) atoms. The topological polar surface area (TPSA) is 69.6 Å². The number of amides is 2. The average Bonchev–Trinajstić information content (AvgIpc) is 3.27. The number of rotatable bonds is 6. The molecule has 2 heterocycles. The average molecular weight is 440 g/mol. The molecule has 0 unspecified atom stereocenters. The minimum absolute atomic E-state index is 0.0589. The first-order valence-electron chi connectivity index (χ1n) is 9.67. The van der Waals surface area contributed by atoms with Crippen molar-refractivity contribution in [2.45, 2.75) is 37.6 Å². The summed E-state index contributed by atoms with van der Waals surface area (Å²) in [6.45, 7) is 0.216. The highest BCUT2D eigenvalue weighted by Gasteiger charge is 2.44. The van der Waals surface area contributed by atoms with Crippen LogP contribution in [-0.4, -0.2) is 53.2 Å². The van der Waals surface area contributed by atoms with Crippen molar-refractivity contribution in [3.8, 4) is 0 Å². The number of carbonyl (C=O) groups is 2. The van der Waals surface area contributed by atoms with Crippen molar-refractivity contribution < 1.29 is 27.9 Å². The van der Waals surface area contributed by atoms with E-state index in [0.717, 1.165) is 5.56 Å². The van der Waals surface area contributed by atoms with E-state index in [2.05, 4.69) is 5.32 Å². The maximum Gasteiger partial charge on any atom is 0.414 e. The van der Waals surface area contributed by atoms with Crippen LogP contribution in [0.2, 0.25) is 0 Å². The Hall–Kier alpha value is -2.39. The predicted molar refractivity (Wildman–Crippen MR) is 107 cm³/mol. The molecule has 1 aliphatic rings. The first kappa shape index (κ1) is 22.3. The lowest BCUT2D eigenvalue weighted by Gasteiger charge is -2.36. The molecule has 0 saturated carbocycles. The van der Waals surface area contributed by atoms with Crippen LogP contribution < -0.4 is 5.32 Å². The van der Waals surface area contributed by atoms with Crippen LogP contribution in [0.4, 0.5) is 13.2 Å². The Morgan fingerprint density at radius 3 is 2.37 bits per heavy atom. The first-order valence-corrected chi connectivity index (χ1v) is 10.6. The van der Waals surface area contributed by atoms with Crippen molar-refractivity contribution in [2.24, 2.45) is 5.92 Å². The standard InChI is InChI=1S/C21H23F3N2O3S/c22-21(23,24)18(27)15-8-10-26(11-9-15)20(29)16(13-14-5-2-1-3-6-14)25-19(28)17-7-4-12-30-17/h1-7,12,15-16,18,27H,8-11,13H2,(H,25,28)/t16-,18+/m1/s1. The molecule has 2 atom stereocenters. The maximum atomic E-state index is 13.1. The molecular weight excluding hydrogens is 417 g/mol. The summed E-state index contributed by atoms with van der Waals surface area (Å²) >= 11 is 1.26. The number of benzene rings is 1. The van der Waals surface area contributed by atoms with Gasteiger partial charge in [-0.05, 0) is 35.8 Å². The zero-order chi connectivity index (χ0) is 21.7. The molecule has 2 N–H and O–H groups in total. The Morgan fingerprint density at radius 2 is 1.80 bits per heavy atom. The zero-order valence-corrected chi connectivity index (χ0v) is 17.0. The number of hydrogen-bond donors (Lipinski definition) is 2. The van der Waals surface area contributed by atoms with Crippen molar-refractivity contribution in [1.29, 1.82) is 0 Å². The molecule has 3 rings (SSSR count). The number of carbonyl (C=O) groups excluding carboxylic acids is 2. The Morgan fingerprint density at radius 1 is 1.13 bits per heavy atom. The van der Waals surface area contributed by atoms with Gasteiger partial charge in [-0.25, -0.2) is 0 Å². The van der Waals surface area contributed by atoms with E-state index in [1.807, 2.05) is 30.3 Å². The monoisotopic (exact) mass is 440 g/mol. The summed E-state index contributed by atoms with van der Waals surface area (Å²) in [5, 5.41) is 14.0. The third-order valence-corrected chi connectivity index (χ3v) is 6.13. The number of alkyl halides is 3. The van der Waals surface area contributed by atoms with Gasteiger partial charge in [-0.2, -0.15) is 13.2 Å². The second-order valence-electron chi connectivity index (χ2n) is 7.34. The largest absolute Gasteiger partial charge is 0.414 e. The third kappa shape index (κ3) is 5.60. The van der Waals surface area contributed by atoms with Gasteiger partial charge < -0.3 is 15.3 Å². The van der Waals surface area contributed by atoms with Gasteiger partial charge in [0.25, 0.3) is 5.91 Å². The number of nitrogens with one attached hydrogen (secondary N) is 1. The number of aliphatic hydroxyl groups is 1. The molecule has 1 aromatic heterocycles. The van der Waals surface area contributed by atoms with E-state index >= 15 is 0 Å². The van der Waals surface area contributed by atoms with Gasteiger partial charge in [0.1, 0.15) is 6.04 Å². The summed E-state index contributed by atoms with van der Waals surface area (Å²) in [6.07, 6.45) is -6.65. The van der Waals surface area contributed by atoms with E-state index in [0.29, 0.717) is 4.88 Å². The van der Waals surface area contributed by atoms with Crippen LogP contribution in [0.15, 0.2) is 47.8 Å². The van der Waals surface area contributed by atoms with E-state index in [1.54, 1.807) is 17.5 Å². The zero-order valence-electron chi connectivity index (χ0n) is 16.1. The first-order chi connectivity index (χ1) is 14.3. The number of aliphatic hydroxyl groups excluding tert-OH is 1. The van der Waals surface area contributed by atoms with Crippen molar-refractivity contribution in [2.75, 3.05) is 13.1 Å². The van der Waals surface area contributed by atoms with Crippen LogP contribution in [0.5, 0.6) is 0 Å². The molecule has 1 saturated heterocycles. The van der Waals surface area contributed by atoms with Crippen LogP contribution >= 0.6 is 11.3 Å². The number of hydrogen-bond acceptors (Lipinski definition) is 4. The molecule has 5 nitrogen and oxygen atoms in total. The fraction of sp³-hybridized carbons (Fsp3) is 0.429. The Balaban J connectivity index is 1.68. The highest BCUT2D eigenvalue weighted by molar-refractivity contribution is 7.12. The normalized spacial score (nSPS) is 17.4. The van der Waals surface area contributed by atoms with E-state index in [1.165, 1.54) is 16.2 Å². The van der Waals surface area contributed by atoms with Gasteiger partial charge >= 0.3 is 6.18 Å². The van der Waals surface area contributed by atoms with Gasteiger partial charge in [-0.15, -0.1) is 11.3 Å². The summed E-state index contributed by atoms with van der Waals surface area (Å²) in [5.41, 5.74) is 0.865. The summed E-state index contributed by atoms with van der Waals surface area (Å²) in [6, 6.07) is 11.8. The SMILES string of the molecule is O=C(N[C@H](Cc1ccccc1)C(=O)N1CCC([C@H](O)C(F)(F)F)CC1)c1cccs1. The van der Waals surface area contributed by atoms with Crippen LogP contribution in [0, 0.1) is 5.92 Å². The number of piperidine rings is 1. The Bertz CT molecular complexity index is 835. The van der Waals surface area contributed by atoms with E-state index in [4.69, 9.17) is 0 Å². The highest BCUT2D eigenvalue weighted by atomic mass is 32.1. The van der Waals surface area contributed by atoms with E-state index in [9.17, 15) is 27.9 Å². The van der Waals surface area contributed by atoms with Gasteiger partial charge in [0.05, 0.1) is 4.88 Å². The molecule has 0 spiro atoms. The molecule has 0 radical (unpaired) electrons. The lowest BCUT2D eigenvalue weighted by atomic mass is 9.90. The number of halogens is 3. The Kier molecular flexibility index (Phi) is 7.14. The van der Waals surface area contributed by atoms with Crippen LogP contribution in [-0.2, 0) is 11.2 Å². The molecule has 2 aromatic rings. The molecule has 0 bridgehead atoms. The second-order valence-corrected chi connectivity index (χ2v) is 8.29. The predicted octanol–water partition coefficient (Wildman–Crippen LogP) is 3.25. The summed E-state index contributed by atoms with van der Waals surface area (Å²) in [7, 11) is 0. The molecule has 2 amide bonds. The third-order valence-electron chi connectivity index (χ3n) is 5.26. The summed E-state index contributed by atoms with van der Waals surface area (Å²) < 4.78 is 38.3. The fourth-order valence-electron chi connectivity index (χ4n) is 3.61. The van der Waals surface area contributed by atoms with E-state index < -0.39 is 24.2 Å². The Labute approximate surface area is 176 Å². The lowest BCUT2D eigenvalue weighted by molar-refractivity contribution is -0.223. The van der Waals surface area contributed by atoms with Crippen molar-refractivity contribution in [1.82, 2.24) is 10.2 Å². The molecule has 1 fully saturated rings. The molecule has 1 aliphatic heterocycles. The van der Waals surface area contributed by atoms with Gasteiger partial charge in [0.15, 0.2) is 6.10 Å². The van der Waals surface area contributed by atoms with Gasteiger partial charge in [0.2, 0.25) is 5.91 Å². The molecule has 1 aromatic carbocycles. The molecule has 0 aliphatic carbocycles. The number of likely N-dealkylation sites (tertiary alicyclic amines) is 1.